The molecule has 2 saturated heterocycles. The SMILES string of the molecule is CC[C@H](C)[C@H](CO)N1C(=O)[C@@H]2[C@H]3C(=O)OCCC=C[C@H]3O[C@@]23C=CCN(c2ccc(N(CC)CC)cc2)C(=O)C13. The Morgan fingerprint density at radius 3 is 2.45 bits per heavy atom. The number of hydrogen-bond donors (Lipinski definition) is 1. The summed E-state index contributed by atoms with van der Waals surface area (Å²) in [6.07, 6.45) is 8.01. The molecule has 7 atom stereocenters. The monoisotopic (exact) mass is 551 g/mol. The Labute approximate surface area is 236 Å². The second kappa shape index (κ2) is 11.4. The molecule has 1 aromatic rings. The van der Waals surface area contributed by atoms with Crippen molar-refractivity contribution in [3.8, 4) is 0 Å². The van der Waals surface area contributed by atoms with Crippen molar-refractivity contribution in [3.05, 3.63) is 48.6 Å². The van der Waals surface area contributed by atoms with Crippen molar-refractivity contribution in [1.82, 2.24) is 4.90 Å². The largest absolute Gasteiger partial charge is 0.465 e. The van der Waals surface area contributed by atoms with Crippen LogP contribution in [0.2, 0.25) is 0 Å². The van der Waals surface area contributed by atoms with Crippen LogP contribution in [0.3, 0.4) is 0 Å². The van der Waals surface area contributed by atoms with Crippen LogP contribution in [0.25, 0.3) is 0 Å². The first kappa shape index (κ1) is 28.4. The third kappa shape index (κ3) is 4.43. The number of rotatable bonds is 8. The second-order valence-electron chi connectivity index (χ2n) is 11.1. The maximum absolute atomic E-state index is 14.6. The summed E-state index contributed by atoms with van der Waals surface area (Å²) >= 11 is 0. The number of carbonyl (C=O) groups is 3. The lowest BCUT2D eigenvalue weighted by Crippen LogP contribution is -2.59. The molecule has 4 heterocycles. The van der Waals surface area contributed by atoms with Crippen molar-refractivity contribution < 1.29 is 29.0 Å². The number of likely N-dealkylation sites (tertiary alicyclic amines) is 1. The molecule has 1 unspecified atom stereocenters. The Hall–Kier alpha value is -3.17. The van der Waals surface area contributed by atoms with Gasteiger partial charge in [0.1, 0.15) is 17.6 Å². The van der Waals surface area contributed by atoms with Gasteiger partial charge in [0, 0.05) is 31.0 Å². The van der Waals surface area contributed by atoms with E-state index in [9.17, 15) is 19.5 Å². The molecule has 1 N–H and O–H groups in total. The van der Waals surface area contributed by atoms with Crippen LogP contribution < -0.4 is 9.80 Å². The number of ether oxygens (including phenoxy) is 2. The van der Waals surface area contributed by atoms with E-state index in [1.807, 2.05) is 62.4 Å². The van der Waals surface area contributed by atoms with Gasteiger partial charge < -0.3 is 29.3 Å². The summed E-state index contributed by atoms with van der Waals surface area (Å²) in [5.41, 5.74) is 0.429. The van der Waals surface area contributed by atoms with Gasteiger partial charge in [-0.3, -0.25) is 14.4 Å². The molecule has 0 saturated carbocycles. The van der Waals surface area contributed by atoms with Crippen LogP contribution in [-0.2, 0) is 23.9 Å². The van der Waals surface area contributed by atoms with Gasteiger partial charge in [0.15, 0.2) is 0 Å². The standard InChI is InChI=1S/C31H41N3O6/c1-5-20(4)23(19-35)34-27-29(37)33(22-14-12-21(13-15-22)32(6-2)7-3)17-10-16-31(27)26(28(34)36)25-24(40-31)11-8-9-18-39-30(25)38/h8,10-16,20,23-27,35H,5-7,9,17-19H2,1-4H3/t20-,23-,24+,25-,26-,27?,31-/m0/s1. The fraction of sp³-hybridized carbons (Fsp3) is 0.581. The summed E-state index contributed by atoms with van der Waals surface area (Å²) in [6.45, 7) is 10.1. The molecule has 2 fully saturated rings. The Kier molecular flexibility index (Phi) is 8.06. The normalized spacial score (nSPS) is 31.1. The van der Waals surface area contributed by atoms with Gasteiger partial charge in [0.2, 0.25) is 5.91 Å². The predicted molar refractivity (Wildman–Crippen MR) is 152 cm³/mol. The molecule has 0 aromatic heterocycles. The molecule has 5 rings (SSSR count). The van der Waals surface area contributed by atoms with E-state index < -0.39 is 41.6 Å². The highest BCUT2D eigenvalue weighted by Gasteiger charge is 2.72. The highest BCUT2D eigenvalue weighted by atomic mass is 16.6. The quantitative estimate of drug-likeness (QED) is 0.392. The van der Waals surface area contributed by atoms with Gasteiger partial charge in [-0.05, 0) is 50.5 Å². The van der Waals surface area contributed by atoms with E-state index in [1.165, 1.54) is 4.90 Å². The zero-order valence-electron chi connectivity index (χ0n) is 23.9. The van der Waals surface area contributed by atoms with Crippen molar-refractivity contribution in [1.29, 1.82) is 0 Å². The van der Waals surface area contributed by atoms with Crippen LogP contribution in [-0.4, -0.2) is 84.4 Å². The number of hydrogen-bond acceptors (Lipinski definition) is 7. The van der Waals surface area contributed by atoms with Crippen molar-refractivity contribution in [2.75, 3.05) is 42.6 Å². The summed E-state index contributed by atoms with van der Waals surface area (Å²) in [5.74, 6) is -3.00. The highest BCUT2D eigenvalue weighted by molar-refractivity contribution is 6.05. The minimum Gasteiger partial charge on any atom is -0.465 e. The molecule has 0 bridgehead atoms. The number of aliphatic hydroxyl groups is 1. The van der Waals surface area contributed by atoms with E-state index in [0.29, 0.717) is 25.1 Å². The number of anilines is 2. The summed E-state index contributed by atoms with van der Waals surface area (Å²) in [6, 6.07) is 6.23. The van der Waals surface area contributed by atoms with Gasteiger partial charge in [-0.25, -0.2) is 0 Å². The lowest BCUT2D eigenvalue weighted by atomic mass is 9.77. The van der Waals surface area contributed by atoms with Gasteiger partial charge >= 0.3 is 5.97 Å². The fourth-order valence-corrected chi connectivity index (χ4v) is 6.88. The van der Waals surface area contributed by atoms with Gasteiger partial charge in [0.25, 0.3) is 5.91 Å². The predicted octanol–water partition coefficient (Wildman–Crippen LogP) is 2.93. The zero-order chi connectivity index (χ0) is 28.6. The summed E-state index contributed by atoms with van der Waals surface area (Å²) < 4.78 is 12.1. The van der Waals surface area contributed by atoms with E-state index >= 15 is 0 Å². The number of amides is 2. The molecule has 1 spiro atoms. The van der Waals surface area contributed by atoms with E-state index in [4.69, 9.17) is 9.47 Å². The molecule has 1 aromatic carbocycles. The maximum atomic E-state index is 14.6. The molecular weight excluding hydrogens is 510 g/mol. The first-order chi connectivity index (χ1) is 19.3. The lowest BCUT2D eigenvalue weighted by molar-refractivity contribution is -0.155. The smallest absolute Gasteiger partial charge is 0.312 e. The second-order valence-corrected chi connectivity index (χ2v) is 11.1. The Morgan fingerprint density at radius 2 is 1.80 bits per heavy atom. The molecule has 2 amide bonds. The molecule has 216 valence electrons. The Balaban J connectivity index is 1.60. The van der Waals surface area contributed by atoms with Crippen molar-refractivity contribution in [3.63, 3.8) is 0 Å². The number of cyclic esters (lactones) is 1. The van der Waals surface area contributed by atoms with Crippen molar-refractivity contribution in [2.45, 2.75) is 64.3 Å². The zero-order valence-corrected chi connectivity index (χ0v) is 23.9. The van der Waals surface area contributed by atoms with Gasteiger partial charge in [-0.15, -0.1) is 0 Å². The number of benzene rings is 1. The molecule has 4 aliphatic rings. The average Bonchev–Trinajstić information content (AvgIpc) is 3.33. The first-order valence-corrected chi connectivity index (χ1v) is 14.6. The topological polar surface area (TPSA) is 99.6 Å². The van der Waals surface area contributed by atoms with Crippen LogP contribution >= 0.6 is 0 Å². The maximum Gasteiger partial charge on any atom is 0.312 e. The molecule has 0 aliphatic carbocycles. The number of carbonyl (C=O) groups excluding carboxylic acids is 3. The van der Waals surface area contributed by atoms with Crippen LogP contribution in [0.1, 0.15) is 40.5 Å². The lowest BCUT2D eigenvalue weighted by Gasteiger charge is -2.40. The third-order valence-corrected chi connectivity index (χ3v) is 9.19. The molecule has 9 heteroatoms. The minimum atomic E-state index is -1.35. The minimum absolute atomic E-state index is 0.0772. The van der Waals surface area contributed by atoms with Crippen LogP contribution in [0, 0.1) is 17.8 Å². The number of aliphatic hydroxyl groups excluding tert-OH is 1. The van der Waals surface area contributed by atoms with E-state index in [1.54, 1.807) is 4.90 Å². The summed E-state index contributed by atoms with van der Waals surface area (Å²) in [5, 5.41) is 10.5. The Bertz CT molecular complexity index is 1180. The Morgan fingerprint density at radius 1 is 1.07 bits per heavy atom. The first-order valence-electron chi connectivity index (χ1n) is 14.6. The highest BCUT2D eigenvalue weighted by Crippen LogP contribution is 2.54. The molecule has 9 nitrogen and oxygen atoms in total. The number of nitrogens with zero attached hydrogens (tertiary/aromatic N) is 3. The molecule has 0 radical (unpaired) electrons. The molecule has 40 heavy (non-hydrogen) atoms. The third-order valence-electron chi connectivity index (χ3n) is 9.19. The summed E-state index contributed by atoms with van der Waals surface area (Å²) in [4.78, 5) is 47.6. The average molecular weight is 552 g/mol. The van der Waals surface area contributed by atoms with E-state index in [0.717, 1.165) is 18.8 Å². The van der Waals surface area contributed by atoms with Crippen LogP contribution in [0.5, 0.6) is 0 Å². The fourth-order valence-electron chi connectivity index (χ4n) is 6.88. The number of esters is 1. The summed E-state index contributed by atoms with van der Waals surface area (Å²) in [7, 11) is 0. The van der Waals surface area contributed by atoms with E-state index in [2.05, 4.69) is 18.7 Å². The van der Waals surface area contributed by atoms with Crippen LogP contribution in [0.4, 0.5) is 11.4 Å². The molecular formula is C31H41N3O6. The number of fused-ring (bicyclic) bond motifs is 2. The van der Waals surface area contributed by atoms with Crippen LogP contribution in [0.15, 0.2) is 48.6 Å². The van der Waals surface area contributed by atoms with Gasteiger partial charge in [0.05, 0.1) is 31.3 Å². The van der Waals surface area contributed by atoms with E-state index in [-0.39, 0.29) is 30.9 Å². The van der Waals surface area contributed by atoms with Gasteiger partial charge in [-0.1, -0.05) is 44.6 Å². The van der Waals surface area contributed by atoms with Gasteiger partial charge in [-0.2, -0.15) is 0 Å². The van der Waals surface area contributed by atoms with Crippen molar-refractivity contribution in [2.24, 2.45) is 17.8 Å². The molecule has 4 aliphatic heterocycles. The van der Waals surface area contributed by atoms with Crippen molar-refractivity contribution >= 4 is 29.2 Å².